The molecular formula is C30H28FN3O4S. The lowest BCUT2D eigenvalue weighted by atomic mass is 9.76. The van der Waals surface area contributed by atoms with E-state index in [-0.39, 0.29) is 24.4 Å². The van der Waals surface area contributed by atoms with Gasteiger partial charge in [0.25, 0.3) is 5.91 Å². The number of para-hydroxylation sites is 1. The van der Waals surface area contributed by atoms with Crippen molar-refractivity contribution in [1.82, 2.24) is 5.32 Å². The molecule has 0 aromatic heterocycles. The summed E-state index contributed by atoms with van der Waals surface area (Å²) < 4.78 is 19.9. The lowest BCUT2D eigenvalue weighted by molar-refractivity contribution is -0.132. The monoisotopic (exact) mass is 545 g/mol. The highest BCUT2D eigenvalue weighted by Gasteiger charge is 2.71. The maximum atomic E-state index is 14.7. The van der Waals surface area contributed by atoms with Crippen molar-refractivity contribution in [1.29, 1.82) is 0 Å². The third kappa shape index (κ3) is 3.78. The molecule has 200 valence electrons. The van der Waals surface area contributed by atoms with E-state index in [4.69, 9.17) is 4.74 Å². The van der Waals surface area contributed by atoms with Gasteiger partial charge in [0, 0.05) is 22.9 Å². The molecule has 7 nitrogen and oxygen atoms in total. The van der Waals surface area contributed by atoms with Gasteiger partial charge in [-0.2, -0.15) is 11.8 Å². The topological polar surface area (TPSA) is 79.0 Å². The second-order valence-electron chi connectivity index (χ2n) is 10.1. The van der Waals surface area contributed by atoms with E-state index in [2.05, 4.69) is 5.32 Å². The van der Waals surface area contributed by atoms with Crippen LogP contribution in [0, 0.1) is 17.7 Å². The second-order valence-corrected chi connectivity index (χ2v) is 11.0. The Morgan fingerprint density at radius 2 is 1.69 bits per heavy atom. The molecule has 3 aromatic rings. The van der Waals surface area contributed by atoms with Crippen molar-refractivity contribution in [3.05, 3.63) is 89.7 Å². The van der Waals surface area contributed by atoms with E-state index in [9.17, 15) is 18.8 Å². The van der Waals surface area contributed by atoms with Crippen LogP contribution in [-0.2, 0) is 26.5 Å². The lowest BCUT2D eigenvalue weighted by Gasteiger charge is -2.30. The summed E-state index contributed by atoms with van der Waals surface area (Å²) in [4.78, 5) is 45.4. The fourth-order valence-corrected chi connectivity index (χ4v) is 6.87. The molecule has 39 heavy (non-hydrogen) atoms. The number of fused-ring (bicyclic) bond motifs is 4. The summed E-state index contributed by atoms with van der Waals surface area (Å²) in [5, 5.41) is 3.50. The molecule has 0 aliphatic carbocycles. The molecule has 3 aromatic carbocycles. The molecule has 1 N–H and O–H groups in total. The van der Waals surface area contributed by atoms with Crippen LogP contribution in [0.1, 0.15) is 17.5 Å². The average molecular weight is 546 g/mol. The minimum Gasteiger partial charge on any atom is -0.497 e. The lowest BCUT2D eigenvalue weighted by Crippen LogP contribution is -2.55. The van der Waals surface area contributed by atoms with Crippen molar-refractivity contribution < 1.29 is 23.5 Å². The van der Waals surface area contributed by atoms with Crippen molar-refractivity contribution in [2.45, 2.75) is 24.5 Å². The zero-order chi connectivity index (χ0) is 27.3. The number of methoxy groups -OCH3 is 1. The number of carbonyl (C=O) groups excluding carboxylic acids is 3. The van der Waals surface area contributed by atoms with Crippen LogP contribution in [0.5, 0.6) is 5.75 Å². The number of carbonyl (C=O) groups is 3. The standard InChI is InChI=1S/C30H28FN3O4S/c1-38-20-13-11-19(12-14-20)34-27(35)25-23(15-16-39-2)32-30(26(25)28(34)36)21-8-4-6-10-24(21)33(29(30)37)17-18-7-3-5-9-22(18)31/h3-14,23,25-26,32H,15-17H2,1-2H3/t23-,25-,26-,30-/m0/s1. The summed E-state index contributed by atoms with van der Waals surface area (Å²) in [5.41, 5.74) is 0.654. The normalized spacial score (nSPS) is 25.5. The molecule has 3 amide bonds. The largest absolute Gasteiger partial charge is 0.497 e. The maximum Gasteiger partial charge on any atom is 0.253 e. The predicted molar refractivity (Wildman–Crippen MR) is 148 cm³/mol. The Morgan fingerprint density at radius 3 is 2.41 bits per heavy atom. The number of hydrogen-bond acceptors (Lipinski definition) is 6. The molecule has 4 atom stereocenters. The highest BCUT2D eigenvalue weighted by molar-refractivity contribution is 7.98. The number of anilines is 2. The van der Waals surface area contributed by atoms with Gasteiger partial charge in [0.1, 0.15) is 17.1 Å². The SMILES string of the molecule is COc1ccc(N2C(=O)[C@H]3[C@H](CCSC)N[C@]4(C(=O)N(Cc5ccccc5F)c5ccccc54)[C@@H]3C2=O)cc1. The summed E-state index contributed by atoms with van der Waals surface area (Å²) in [7, 11) is 1.55. The van der Waals surface area contributed by atoms with E-state index in [1.54, 1.807) is 66.2 Å². The van der Waals surface area contributed by atoms with Gasteiger partial charge in [-0.25, -0.2) is 9.29 Å². The van der Waals surface area contributed by atoms with E-state index in [0.29, 0.717) is 34.7 Å². The van der Waals surface area contributed by atoms with Crippen molar-refractivity contribution in [2.75, 3.05) is 28.9 Å². The van der Waals surface area contributed by atoms with Gasteiger partial charge in [-0.05, 0) is 54.8 Å². The minimum atomic E-state index is -1.43. The van der Waals surface area contributed by atoms with Crippen LogP contribution in [-0.4, -0.2) is 42.9 Å². The van der Waals surface area contributed by atoms with Crippen molar-refractivity contribution in [3.63, 3.8) is 0 Å². The average Bonchev–Trinajstić information content (AvgIpc) is 3.52. The summed E-state index contributed by atoms with van der Waals surface area (Å²) in [6, 6.07) is 20.0. The van der Waals surface area contributed by atoms with Crippen LogP contribution in [0.25, 0.3) is 0 Å². The van der Waals surface area contributed by atoms with Gasteiger partial charge in [-0.1, -0.05) is 36.4 Å². The number of nitrogens with zero attached hydrogens (tertiary/aromatic N) is 2. The minimum absolute atomic E-state index is 0.0170. The van der Waals surface area contributed by atoms with E-state index in [1.165, 1.54) is 11.0 Å². The molecule has 3 heterocycles. The summed E-state index contributed by atoms with van der Waals surface area (Å²) in [6.45, 7) is 0.0170. The number of benzene rings is 3. The first-order chi connectivity index (χ1) is 18.9. The van der Waals surface area contributed by atoms with Crippen LogP contribution in [0.3, 0.4) is 0 Å². The van der Waals surface area contributed by atoms with Gasteiger partial charge in [-0.15, -0.1) is 0 Å². The Labute approximate surface area is 230 Å². The number of imide groups is 1. The van der Waals surface area contributed by atoms with E-state index >= 15 is 0 Å². The van der Waals surface area contributed by atoms with Crippen LogP contribution in [0.2, 0.25) is 0 Å². The van der Waals surface area contributed by atoms with Gasteiger partial charge in [-0.3, -0.25) is 19.7 Å². The molecule has 0 unspecified atom stereocenters. The number of thioether (sulfide) groups is 1. The molecule has 3 aliphatic rings. The molecule has 2 fully saturated rings. The molecule has 0 radical (unpaired) electrons. The molecule has 3 aliphatic heterocycles. The van der Waals surface area contributed by atoms with Gasteiger partial charge >= 0.3 is 0 Å². The van der Waals surface area contributed by atoms with Gasteiger partial charge in [0.05, 0.1) is 31.2 Å². The highest BCUT2D eigenvalue weighted by Crippen LogP contribution is 2.55. The second kappa shape index (κ2) is 9.81. The maximum absolute atomic E-state index is 14.7. The third-order valence-corrected chi connectivity index (χ3v) is 8.76. The number of halogens is 1. The summed E-state index contributed by atoms with van der Waals surface area (Å²) in [6.07, 6.45) is 2.60. The number of hydrogen-bond donors (Lipinski definition) is 1. The Bertz CT molecular complexity index is 1460. The van der Waals surface area contributed by atoms with Gasteiger partial charge in [0.15, 0.2) is 0 Å². The summed E-state index contributed by atoms with van der Waals surface area (Å²) in [5.74, 6) is -1.75. The fourth-order valence-electron chi connectivity index (χ4n) is 6.38. The quantitative estimate of drug-likeness (QED) is 0.451. The van der Waals surface area contributed by atoms with Gasteiger partial charge < -0.3 is 9.64 Å². The smallest absolute Gasteiger partial charge is 0.253 e. The molecule has 1 spiro atoms. The van der Waals surface area contributed by atoms with E-state index in [0.717, 1.165) is 5.75 Å². The molecule has 0 saturated carbocycles. The third-order valence-electron chi connectivity index (χ3n) is 8.12. The molecule has 9 heteroatoms. The molecular weight excluding hydrogens is 517 g/mol. The Morgan fingerprint density at radius 1 is 0.974 bits per heavy atom. The van der Waals surface area contributed by atoms with Crippen molar-refractivity contribution >= 4 is 40.9 Å². The predicted octanol–water partition coefficient (Wildman–Crippen LogP) is 4.11. The number of amides is 3. The molecule has 0 bridgehead atoms. The first kappa shape index (κ1) is 25.6. The Hall–Kier alpha value is -3.69. The first-order valence-electron chi connectivity index (χ1n) is 12.9. The zero-order valence-electron chi connectivity index (χ0n) is 21.6. The van der Waals surface area contributed by atoms with Crippen LogP contribution < -0.4 is 19.9 Å². The number of nitrogens with one attached hydrogen (secondary N) is 1. The number of ether oxygens (including phenoxy) is 1. The molecule has 6 rings (SSSR count). The van der Waals surface area contributed by atoms with Crippen molar-refractivity contribution in [3.8, 4) is 5.75 Å². The fraction of sp³-hybridized carbons (Fsp3) is 0.300. The van der Waals surface area contributed by atoms with Crippen LogP contribution >= 0.6 is 11.8 Å². The molecule has 2 saturated heterocycles. The van der Waals surface area contributed by atoms with E-state index in [1.807, 2.05) is 30.5 Å². The van der Waals surface area contributed by atoms with Crippen molar-refractivity contribution in [2.24, 2.45) is 11.8 Å². The van der Waals surface area contributed by atoms with Crippen LogP contribution in [0.4, 0.5) is 15.8 Å². The number of rotatable bonds is 7. The first-order valence-corrected chi connectivity index (χ1v) is 14.2. The Balaban J connectivity index is 1.46. The zero-order valence-corrected chi connectivity index (χ0v) is 22.4. The van der Waals surface area contributed by atoms with E-state index < -0.39 is 29.1 Å². The van der Waals surface area contributed by atoms with Crippen LogP contribution in [0.15, 0.2) is 72.8 Å². The van der Waals surface area contributed by atoms with Gasteiger partial charge in [0.2, 0.25) is 11.8 Å². The Kier molecular flexibility index (Phi) is 6.43. The highest BCUT2D eigenvalue weighted by atomic mass is 32.2. The summed E-state index contributed by atoms with van der Waals surface area (Å²) >= 11 is 1.65.